The molecule has 0 saturated heterocycles. The Morgan fingerprint density at radius 3 is 2.07 bits per heavy atom. The van der Waals surface area contributed by atoms with Crippen LogP contribution in [0.15, 0.2) is 29.1 Å². The molecule has 0 bridgehead atoms. The molecule has 7 nitrogen and oxygen atoms in total. The first-order valence-electron chi connectivity index (χ1n) is 9.58. The van der Waals surface area contributed by atoms with E-state index in [-0.39, 0.29) is 31.1 Å². The average Bonchev–Trinajstić information content (AvgIpc) is 2.93. The third-order valence-electron chi connectivity index (χ3n) is 5.37. The third-order valence-corrected chi connectivity index (χ3v) is 5.37. The smallest absolute Gasteiger partial charge is 0.329 e. The predicted octanol–water partition coefficient (Wildman–Crippen LogP) is 2.61. The maximum absolute atomic E-state index is 12.7. The Bertz CT molecular complexity index is 862. The Balaban J connectivity index is 2.11. The fourth-order valence-electron chi connectivity index (χ4n) is 3.38. The Hall–Kier alpha value is -2.57. The van der Waals surface area contributed by atoms with Crippen molar-refractivity contribution in [2.75, 3.05) is 6.54 Å². The van der Waals surface area contributed by atoms with Crippen molar-refractivity contribution in [3.63, 3.8) is 0 Å². The maximum Gasteiger partial charge on any atom is 0.329 e. The van der Waals surface area contributed by atoms with E-state index in [1.54, 1.807) is 9.13 Å². The quantitative estimate of drug-likeness (QED) is 0.667. The molecule has 1 aromatic heterocycles. The highest BCUT2D eigenvalue weighted by atomic mass is 16.4. The summed E-state index contributed by atoms with van der Waals surface area (Å²) in [5, 5.41) is 12.2. The molecule has 1 aromatic carbocycles. The van der Waals surface area contributed by atoms with E-state index < -0.39 is 11.4 Å². The molecule has 0 fully saturated rings. The van der Waals surface area contributed by atoms with Crippen LogP contribution < -0.4 is 11.0 Å². The van der Waals surface area contributed by atoms with Crippen LogP contribution in [-0.2, 0) is 22.7 Å². The fourth-order valence-corrected chi connectivity index (χ4v) is 3.38. The molecule has 0 unspecified atom stereocenters. The molecule has 0 aliphatic heterocycles. The number of carboxylic acids is 1. The molecule has 148 valence electrons. The standard InChI is InChI=1S/C20H29N3O4/c1-4-12-22-15-9-7-8-10-16(15)23(19(22)27)13-11-17(24)21-14-20(5-2,6-3)18(25)26/h7-10H,4-6,11-14H2,1-3H3,(H,21,24)(H,25,26). The average molecular weight is 375 g/mol. The van der Waals surface area contributed by atoms with E-state index in [2.05, 4.69) is 5.32 Å². The van der Waals surface area contributed by atoms with Gasteiger partial charge in [-0.15, -0.1) is 0 Å². The normalized spacial score (nSPS) is 11.7. The van der Waals surface area contributed by atoms with Gasteiger partial charge in [-0.3, -0.25) is 18.7 Å². The molecule has 2 N–H and O–H groups in total. The Labute approximate surface area is 159 Å². The molecule has 2 aromatic rings. The van der Waals surface area contributed by atoms with Gasteiger partial charge in [-0.25, -0.2) is 4.79 Å². The predicted molar refractivity (Wildman–Crippen MR) is 105 cm³/mol. The van der Waals surface area contributed by atoms with Crippen LogP contribution in [0.2, 0.25) is 0 Å². The third kappa shape index (κ3) is 4.23. The molecule has 0 spiro atoms. The van der Waals surface area contributed by atoms with Crippen molar-refractivity contribution < 1.29 is 14.7 Å². The number of hydrogen-bond acceptors (Lipinski definition) is 3. The topological polar surface area (TPSA) is 93.3 Å². The second-order valence-electron chi connectivity index (χ2n) is 6.89. The van der Waals surface area contributed by atoms with E-state index in [1.165, 1.54) is 0 Å². The maximum atomic E-state index is 12.7. The van der Waals surface area contributed by atoms with Crippen molar-refractivity contribution in [1.82, 2.24) is 14.5 Å². The first-order chi connectivity index (χ1) is 12.9. The number of aromatic nitrogens is 2. The van der Waals surface area contributed by atoms with Crippen LogP contribution in [0.5, 0.6) is 0 Å². The van der Waals surface area contributed by atoms with Crippen LogP contribution in [-0.4, -0.2) is 32.7 Å². The molecular formula is C20H29N3O4. The number of carbonyl (C=O) groups excluding carboxylic acids is 1. The van der Waals surface area contributed by atoms with E-state index in [0.29, 0.717) is 19.4 Å². The largest absolute Gasteiger partial charge is 0.481 e. The van der Waals surface area contributed by atoms with Gasteiger partial charge in [-0.05, 0) is 31.4 Å². The molecule has 1 heterocycles. The zero-order valence-corrected chi connectivity index (χ0v) is 16.3. The zero-order chi connectivity index (χ0) is 20.0. The molecule has 1 amide bonds. The van der Waals surface area contributed by atoms with Gasteiger partial charge in [0.05, 0.1) is 16.4 Å². The lowest BCUT2D eigenvalue weighted by Gasteiger charge is -2.26. The lowest BCUT2D eigenvalue weighted by Crippen LogP contribution is -2.42. The fraction of sp³-hybridized carbons (Fsp3) is 0.550. The Kier molecular flexibility index (Phi) is 6.82. The summed E-state index contributed by atoms with van der Waals surface area (Å²) in [6.45, 7) is 6.63. The lowest BCUT2D eigenvalue weighted by atomic mass is 9.82. The van der Waals surface area contributed by atoms with Crippen LogP contribution >= 0.6 is 0 Å². The number of nitrogens with one attached hydrogen (secondary N) is 1. The van der Waals surface area contributed by atoms with Crippen LogP contribution in [0.1, 0.15) is 46.5 Å². The van der Waals surface area contributed by atoms with E-state index in [4.69, 9.17) is 0 Å². The minimum Gasteiger partial charge on any atom is -0.481 e. The molecule has 0 aliphatic rings. The van der Waals surface area contributed by atoms with Gasteiger partial charge in [0.1, 0.15) is 0 Å². The Morgan fingerprint density at radius 1 is 1.04 bits per heavy atom. The number of benzene rings is 1. The van der Waals surface area contributed by atoms with Crippen LogP contribution in [0.4, 0.5) is 0 Å². The Morgan fingerprint density at radius 2 is 1.59 bits per heavy atom. The number of imidazole rings is 1. The highest BCUT2D eigenvalue weighted by Gasteiger charge is 2.35. The number of para-hydroxylation sites is 2. The van der Waals surface area contributed by atoms with Crippen molar-refractivity contribution in [2.24, 2.45) is 5.41 Å². The first-order valence-corrected chi connectivity index (χ1v) is 9.58. The van der Waals surface area contributed by atoms with Crippen LogP contribution in [0, 0.1) is 5.41 Å². The summed E-state index contributed by atoms with van der Waals surface area (Å²) in [7, 11) is 0. The molecule has 27 heavy (non-hydrogen) atoms. The molecule has 2 rings (SSSR count). The van der Waals surface area contributed by atoms with Crippen molar-refractivity contribution in [2.45, 2.75) is 59.5 Å². The van der Waals surface area contributed by atoms with E-state index in [9.17, 15) is 19.5 Å². The number of carbonyl (C=O) groups is 2. The number of carboxylic acid groups (broad SMARTS) is 1. The molecular weight excluding hydrogens is 346 g/mol. The number of rotatable bonds is 10. The van der Waals surface area contributed by atoms with Gasteiger partial charge in [0, 0.05) is 26.1 Å². The first kappa shape index (κ1) is 20.7. The molecule has 0 atom stereocenters. The second kappa shape index (κ2) is 8.88. The summed E-state index contributed by atoms with van der Waals surface area (Å²) in [5.74, 6) is -1.14. The summed E-state index contributed by atoms with van der Waals surface area (Å²) in [6, 6.07) is 7.56. The number of fused-ring (bicyclic) bond motifs is 1. The van der Waals surface area contributed by atoms with Crippen molar-refractivity contribution in [3.8, 4) is 0 Å². The minimum atomic E-state index is -0.941. The summed E-state index contributed by atoms with van der Waals surface area (Å²) in [4.78, 5) is 36.5. The summed E-state index contributed by atoms with van der Waals surface area (Å²) < 4.78 is 3.35. The summed E-state index contributed by atoms with van der Waals surface area (Å²) in [6.07, 6.45) is 1.87. The number of aryl methyl sites for hydroxylation is 2. The van der Waals surface area contributed by atoms with E-state index >= 15 is 0 Å². The van der Waals surface area contributed by atoms with Crippen molar-refractivity contribution >= 4 is 22.9 Å². The second-order valence-corrected chi connectivity index (χ2v) is 6.89. The number of hydrogen-bond donors (Lipinski definition) is 2. The SMILES string of the molecule is CCCn1c(=O)n(CCC(=O)NCC(CC)(CC)C(=O)O)c2ccccc21. The monoisotopic (exact) mass is 375 g/mol. The number of amides is 1. The van der Waals surface area contributed by atoms with Gasteiger partial charge in [-0.2, -0.15) is 0 Å². The van der Waals surface area contributed by atoms with E-state index in [1.807, 2.05) is 45.0 Å². The molecule has 7 heteroatoms. The van der Waals surface area contributed by atoms with Gasteiger partial charge in [0.15, 0.2) is 0 Å². The van der Waals surface area contributed by atoms with Gasteiger partial charge in [0.25, 0.3) is 0 Å². The summed E-state index contributed by atoms with van der Waals surface area (Å²) in [5.41, 5.74) is 0.620. The lowest BCUT2D eigenvalue weighted by molar-refractivity contribution is -0.149. The number of aliphatic carboxylic acids is 1. The van der Waals surface area contributed by atoms with Crippen molar-refractivity contribution in [1.29, 1.82) is 0 Å². The molecule has 0 radical (unpaired) electrons. The number of nitrogens with zero attached hydrogens (tertiary/aromatic N) is 2. The minimum absolute atomic E-state index is 0.0979. The van der Waals surface area contributed by atoms with Gasteiger partial charge in [-0.1, -0.05) is 32.9 Å². The zero-order valence-electron chi connectivity index (χ0n) is 16.3. The summed E-state index contributed by atoms with van der Waals surface area (Å²) >= 11 is 0. The van der Waals surface area contributed by atoms with Gasteiger partial charge in [0.2, 0.25) is 5.91 Å². The van der Waals surface area contributed by atoms with Crippen LogP contribution in [0.25, 0.3) is 11.0 Å². The highest BCUT2D eigenvalue weighted by molar-refractivity contribution is 5.79. The van der Waals surface area contributed by atoms with Gasteiger partial charge < -0.3 is 10.4 Å². The molecule has 0 aliphatic carbocycles. The van der Waals surface area contributed by atoms with Crippen LogP contribution in [0.3, 0.4) is 0 Å². The van der Waals surface area contributed by atoms with Gasteiger partial charge >= 0.3 is 11.7 Å². The molecule has 0 saturated carbocycles. The van der Waals surface area contributed by atoms with Crippen molar-refractivity contribution in [3.05, 3.63) is 34.7 Å². The van der Waals surface area contributed by atoms with E-state index in [0.717, 1.165) is 17.5 Å². The highest BCUT2D eigenvalue weighted by Crippen LogP contribution is 2.25.